The lowest BCUT2D eigenvalue weighted by Gasteiger charge is -2.25. The zero-order valence-electron chi connectivity index (χ0n) is 9.90. The second-order valence-electron chi connectivity index (χ2n) is 4.43. The number of thiazole rings is 1. The van der Waals surface area contributed by atoms with E-state index in [4.69, 9.17) is 0 Å². The summed E-state index contributed by atoms with van der Waals surface area (Å²) < 4.78 is 0. The molecule has 1 aromatic heterocycles. The van der Waals surface area contributed by atoms with Crippen molar-refractivity contribution in [1.82, 2.24) is 4.98 Å². The van der Waals surface area contributed by atoms with Gasteiger partial charge in [-0.25, -0.2) is 4.98 Å². The highest BCUT2D eigenvalue weighted by Crippen LogP contribution is 2.29. The number of hydrogen-bond donors (Lipinski definition) is 1. The van der Waals surface area contributed by atoms with Crippen molar-refractivity contribution in [2.75, 3.05) is 5.75 Å². The molecule has 1 fully saturated rings. The van der Waals surface area contributed by atoms with Crippen LogP contribution in [0.25, 0.3) is 0 Å². The largest absolute Gasteiger partial charge is 0.392 e. The molecule has 0 amide bonds. The summed E-state index contributed by atoms with van der Waals surface area (Å²) in [5, 5.41) is 11.7. The van der Waals surface area contributed by atoms with Gasteiger partial charge in [-0.3, -0.25) is 0 Å². The highest BCUT2D eigenvalue weighted by atomic mass is 32.2. The van der Waals surface area contributed by atoms with Gasteiger partial charge in [0, 0.05) is 16.5 Å². The van der Waals surface area contributed by atoms with Crippen molar-refractivity contribution in [2.45, 2.75) is 50.9 Å². The van der Waals surface area contributed by atoms with Gasteiger partial charge >= 0.3 is 0 Å². The van der Waals surface area contributed by atoms with Crippen LogP contribution < -0.4 is 0 Å². The van der Waals surface area contributed by atoms with E-state index < -0.39 is 0 Å². The zero-order chi connectivity index (χ0) is 11.5. The first-order valence-corrected chi connectivity index (χ1v) is 7.76. The predicted octanol–water partition coefficient (Wildman–Crippen LogP) is 2.95. The van der Waals surface area contributed by atoms with E-state index in [0.717, 1.165) is 23.5 Å². The third-order valence-corrected chi connectivity index (χ3v) is 5.70. The van der Waals surface area contributed by atoms with Crippen LogP contribution in [0.2, 0.25) is 0 Å². The lowest BCUT2D eigenvalue weighted by atomic mass is 10.1. The number of aliphatic hydroxyl groups excluding tert-OH is 1. The summed E-state index contributed by atoms with van der Waals surface area (Å²) >= 11 is 3.65. The minimum Gasteiger partial charge on any atom is -0.392 e. The van der Waals surface area contributed by atoms with Gasteiger partial charge in [-0.2, -0.15) is 11.8 Å². The Morgan fingerprint density at radius 2 is 2.25 bits per heavy atom. The lowest BCUT2D eigenvalue weighted by Crippen LogP contribution is -2.27. The molecule has 90 valence electrons. The second-order valence-corrected chi connectivity index (χ2v) is 7.06. The van der Waals surface area contributed by atoms with Crippen molar-refractivity contribution in [2.24, 2.45) is 0 Å². The van der Waals surface area contributed by atoms with Crippen LogP contribution >= 0.6 is 23.1 Å². The number of aliphatic hydroxyl groups is 1. The fourth-order valence-corrected chi connectivity index (χ4v) is 4.31. The second kappa shape index (κ2) is 5.52. The van der Waals surface area contributed by atoms with Crippen molar-refractivity contribution in [3.63, 3.8) is 0 Å². The van der Waals surface area contributed by atoms with E-state index in [1.54, 1.807) is 11.3 Å². The van der Waals surface area contributed by atoms with E-state index in [1.165, 1.54) is 23.5 Å². The highest BCUT2D eigenvalue weighted by Gasteiger charge is 2.23. The van der Waals surface area contributed by atoms with Crippen molar-refractivity contribution >= 4 is 23.1 Å². The van der Waals surface area contributed by atoms with Gasteiger partial charge in [-0.1, -0.05) is 6.42 Å². The Bertz CT molecular complexity index is 325. The summed E-state index contributed by atoms with van der Waals surface area (Å²) in [5.41, 5.74) is 1.11. The molecule has 2 rings (SSSR count). The maximum atomic E-state index is 10.2. The summed E-state index contributed by atoms with van der Waals surface area (Å²) in [5.74, 6) is 1.21. The van der Waals surface area contributed by atoms with Gasteiger partial charge in [0.2, 0.25) is 0 Å². The Morgan fingerprint density at radius 3 is 2.81 bits per heavy atom. The first-order valence-electron chi connectivity index (χ1n) is 5.89. The molecule has 2 heterocycles. The average molecular weight is 257 g/mol. The minimum absolute atomic E-state index is 0.213. The number of hydrogen-bond acceptors (Lipinski definition) is 4. The molecule has 0 spiro atoms. The number of rotatable bonds is 3. The normalized spacial score (nSPS) is 23.3. The van der Waals surface area contributed by atoms with Crippen LogP contribution in [-0.4, -0.2) is 27.2 Å². The Labute approximate surface area is 105 Å². The van der Waals surface area contributed by atoms with Crippen LogP contribution in [0.1, 0.15) is 34.8 Å². The van der Waals surface area contributed by atoms with Gasteiger partial charge in [0.15, 0.2) is 0 Å². The summed E-state index contributed by atoms with van der Waals surface area (Å²) in [6.45, 7) is 4.13. The summed E-state index contributed by atoms with van der Waals surface area (Å²) in [4.78, 5) is 5.77. The van der Waals surface area contributed by atoms with Crippen LogP contribution in [0.4, 0.5) is 0 Å². The molecule has 0 aliphatic carbocycles. The molecule has 0 bridgehead atoms. The van der Waals surface area contributed by atoms with Gasteiger partial charge in [-0.15, -0.1) is 11.3 Å². The van der Waals surface area contributed by atoms with Gasteiger partial charge in [0.05, 0.1) is 16.8 Å². The molecule has 2 nitrogen and oxygen atoms in total. The predicted molar refractivity (Wildman–Crippen MR) is 71.4 cm³/mol. The maximum Gasteiger partial charge on any atom is 0.0957 e. The molecule has 1 aliphatic rings. The molecule has 0 saturated carbocycles. The molecule has 1 saturated heterocycles. The SMILES string of the molecule is Cc1nc(CC(O)C2CCCCS2)sc1C. The quantitative estimate of drug-likeness (QED) is 0.904. The molecule has 4 heteroatoms. The van der Waals surface area contributed by atoms with Crippen LogP contribution in [0.3, 0.4) is 0 Å². The first-order chi connectivity index (χ1) is 7.66. The standard InChI is InChI=1S/C12H19NOS2/c1-8-9(2)16-12(13-8)7-10(14)11-5-3-4-6-15-11/h10-11,14H,3-7H2,1-2H3. The molecule has 1 N–H and O–H groups in total. The molecule has 0 aromatic carbocycles. The van der Waals surface area contributed by atoms with Crippen molar-refractivity contribution < 1.29 is 5.11 Å². The number of aryl methyl sites for hydroxylation is 2. The van der Waals surface area contributed by atoms with Crippen molar-refractivity contribution in [1.29, 1.82) is 0 Å². The molecule has 2 atom stereocenters. The minimum atomic E-state index is -0.213. The van der Waals surface area contributed by atoms with E-state index in [9.17, 15) is 5.11 Å². The van der Waals surface area contributed by atoms with E-state index >= 15 is 0 Å². The van der Waals surface area contributed by atoms with Gasteiger partial charge in [0.25, 0.3) is 0 Å². The summed E-state index contributed by atoms with van der Waals surface area (Å²) in [6, 6.07) is 0. The highest BCUT2D eigenvalue weighted by molar-refractivity contribution is 8.00. The van der Waals surface area contributed by atoms with Crippen LogP contribution in [-0.2, 0) is 6.42 Å². The van der Waals surface area contributed by atoms with Crippen LogP contribution in [0.15, 0.2) is 0 Å². The maximum absolute atomic E-state index is 10.2. The molecule has 1 aromatic rings. The van der Waals surface area contributed by atoms with Crippen LogP contribution in [0, 0.1) is 13.8 Å². The molecule has 16 heavy (non-hydrogen) atoms. The number of nitrogens with zero attached hydrogens (tertiary/aromatic N) is 1. The fraction of sp³-hybridized carbons (Fsp3) is 0.750. The average Bonchev–Trinajstić information content (AvgIpc) is 2.59. The van der Waals surface area contributed by atoms with E-state index in [1.807, 2.05) is 18.7 Å². The van der Waals surface area contributed by atoms with E-state index in [0.29, 0.717) is 5.25 Å². The smallest absolute Gasteiger partial charge is 0.0957 e. The Balaban J connectivity index is 1.93. The summed E-state index contributed by atoms with van der Waals surface area (Å²) in [6.07, 6.45) is 4.26. The molecular formula is C12H19NOS2. The molecule has 2 unspecified atom stereocenters. The topological polar surface area (TPSA) is 33.1 Å². The Morgan fingerprint density at radius 1 is 1.44 bits per heavy atom. The monoisotopic (exact) mass is 257 g/mol. The van der Waals surface area contributed by atoms with Gasteiger partial charge < -0.3 is 5.11 Å². The van der Waals surface area contributed by atoms with Crippen molar-refractivity contribution in [3.05, 3.63) is 15.6 Å². The fourth-order valence-electron chi connectivity index (χ4n) is 2.01. The van der Waals surface area contributed by atoms with E-state index in [-0.39, 0.29) is 6.10 Å². The summed E-state index contributed by atoms with van der Waals surface area (Å²) in [7, 11) is 0. The van der Waals surface area contributed by atoms with Crippen LogP contribution in [0.5, 0.6) is 0 Å². The molecular weight excluding hydrogens is 238 g/mol. The number of aromatic nitrogens is 1. The number of thioether (sulfide) groups is 1. The van der Waals surface area contributed by atoms with E-state index in [2.05, 4.69) is 11.9 Å². The first kappa shape index (κ1) is 12.4. The Kier molecular flexibility index (Phi) is 4.27. The van der Waals surface area contributed by atoms with Crippen molar-refractivity contribution in [3.8, 4) is 0 Å². The lowest BCUT2D eigenvalue weighted by molar-refractivity contribution is 0.166. The molecule has 1 aliphatic heterocycles. The van der Waals surface area contributed by atoms with Gasteiger partial charge in [0.1, 0.15) is 0 Å². The third-order valence-electron chi connectivity index (χ3n) is 3.10. The zero-order valence-corrected chi connectivity index (χ0v) is 11.5. The Hall–Kier alpha value is -0.0600. The molecule has 0 radical (unpaired) electrons. The van der Waals surface area contributed by atoms with Gasteiger partial charge in [-0.05, 0) is 32.4 Å². The third kappa shape index (κ3) is 2.99.